The summed E-state index contributed by atoms with van der Waals surface area (Å²) in [6.07, 6.45) is 0. The van der Waals surface area contributed by atoms with Crippen molar-refractivity contribution in [3.8, 4) is 0 Å². The molecule has 0 aromatic heterocycles. The molecule has 0 saturated carbocycles. The van der Waals surface area contributed by atoms with Crippen molar-refractivity contribution in [1.82, 2.24) is 0 Å². The summed E-state index contributed by atoms with van der Waals surface area (Å²) in [6, 6.07) is 4.97. The molecule has 2 nitrogen and oxygen atoms in total. The van der Waals surface area contributed by atoms with E-state index in [1.165, 1.54) is 6.07 Å². The third kappa shape index (κ3) is 2.86. The molecule has 0 radical (unpaired) electrons. The molecule has 5 heteroatoms. The molecule has 0 atom stereocenters. The predicted octanol–water partition coefficient (Wildman–Crippen LogP) is 3.31. The molecule has 0 amide bonds. The van der Waals surface area contributed by atoms with E-state index in [0.29, 0.717) is 5.56 Å². The quantitative estimate of drug-likeness (QED) is 0.847. The van der Waals surface area contributed by atoms with E-state index in [2.05, 4.69) is 15.9 Å². The van der Waals surface area contributed by atoms with Crippen LogP contribution in [0.1, 0.15) is 15.9 Å². The number of benzene rings is 1. The van der Waals surface area contributed by atoms with Crippen molar-refractivity contribution >= 4 is 45.9 Å². The Hall–Kier alpha value is -0.250. The number of alkyl halides is 1. The van der Waals surface area contributed by atoms with Crippen LogP contribution in [0.5, 0.6) is 0 Å². The minimum absolute atomic E-state index is 0. The van der Waals surface area contributed by atoms with Gasteiger partial charge < -0.3 is 5.11 Å². The summed E-state index contributed by atoms with van der Waals surface area (Å²) in [7, 11) is 0. The standard InChI is InChI=1S/C8H6BrClO2.ClH/c9-7-3-1-2-5(8(11)12)6(7)4-10;/h1-3H,4H2,(H,11,12);1H. The summed E-state index contributed by atoms with van der Waals surface area (Å²) in [5.41, 5.74) is 0.867. The lowest BCUT2D eigenvalue weighted by Gasteiger charge is -2.03. The van der Waals surface area contributed by atoms with Gasteiger partial charge in [-0.1, -0.05) is 22.0 Å². The Balaban J connectivity index is 0.00000144. The molecule has 1 aromatic rings. The number of hydrogen-bond donors (Lipinski definition) is 1. The van der Waals surface area contributed by atoms with Crippen LogP contribution in [0, 0.1) is 0 Å². The molecule has 0 aliphatic carbocycles. The van der Waals surface area contributed by atoms with Crippen LogP contribution >= 0.6 is 39.9 Å². The molecule has 0 fully saturated rings. The molecule has 0 aliphatic heterocycles. The number of aromatic carboxylic acids is 1. The fourth-order valence-electron chi connectivity index (χ4n) is 0.895. The smallest absolute Gasteiger partial charge is 0.336 e. The van der Waals surface area contributed by atoms with E-state index in [1.54, 1.807) is 12.1 Å². The van der Waals surface area contributed by atoms with E-state index in [1.807, 2.05) is 0 Å². The Bertz CT molecular complexity index is 315. The second-order valence-electron chi connectivity index (χ2n) is 2.20. The Morgan fingerprint density at radius 2 is 2.15 bits per heavy atom. The maximum absolute atomic E-state index is 10.7. The van der Waals surface area contributed by atoms with Gasteiger partial charge in [-0.3, -0.25) is 0 Å². The van der Waals surface area contributed by atoms with Gasteiger partial charge in [-0.2, -0.15) is 0 Å². The molecule has 1 rings (SSSR count). The van der Waals surface area contributed by atoms with E-state index in [4.69, 9.17) is 16.7 Å². The second kappa shape index (κ2) is 5.47. The first-order valence-corrected chi connectivity index (χ1v) is 4.56. The normalized spacial score (nSPS) is 9.08. The second-order valence-corrected chi connectivity index (χ2v) is 3.33. The van der Waals surface area contributed by atoms with Crippen molar-refractivity contribution in [2.45, 2.75) is 5.88 Å². The van der Waals surface area contributed by atoms with Crippen LogP contribution in [-0.4, -0.2) is 11.1 Å². The van der Waals surface area contributed by atoms with Gasteiger partial charge in [0.2, 0.25) is 0 Å². The molecule has 13 heavy (non-hydrogen) atoms. The summed E-state index contributed by atoms with van der Waals surface area (Å²) in [4.78, 5) is 10.7. The number of hydrogen-bond acceptors (Lipinski definition) is 1. The zero-order valence-corrected chi connectivity index (χ0v) is 9.62. The van der Waals surface area contributed by atoms with Crippen LogP contribution in [0.15, 0.2) is 22.7 Å². The number of carbonyl (C=O) groups is 1. The summed E-state index contributed by atoms with van der Waals surface area (Å²) >= 11 is 8.82. The first-order valence-electron chi connectivity index (χ1n) is 3.23. The van der Waals surface area contributed by atoms with Gasteiger partial charge in [0.05, 0.1) is 5.56 Å². The minimum Gasteiger partial charge on any atom is -0.478 e. The zero-order chi connectivity index (χ0) is 9.14. The molecule has 0 spiro atoms. The average Bonchev–Trinajstić information content (AvgIpc) is 2.03. The van der Waals surface area contributed by atoms with Crippen LogP contribution in [0.4, 0.5) is 0 Å². The monoisotopic (exact) mass is 284 g/mol. The molecule has 0 aliphatic rings. The summed E-state index contributed by atoms with van der Waals surface area (Å²) < 4.78 is 0.734. The average molecular weight is 286 g/mol. The molecular formula is C8H7BrCl2O2. The number of carboxylic acid groups (broad SMARTS) is 1. The highest BCUT2D eigenvalue weighted by molar-refractivity contribution is 9.10. The van der Waals surface area contributed by atoms with Crippen LogP contribution in [0.25, 0.3) is 0 Å². The lowest BCUT2D eigenvalue weighted by Crippen LogP contribution is -2.01. The lowest BCUT2D eigenvalue weighted by atomic mass is 10.1. The van der Waals surface area contributed by atoms with E-state index in [0.717, 1.165) is 4.47 Å². The minimum atomic E-state index is -0.952. The van der Waals surface area contributed by atoms with Gasteiger partial charge >= 0.3 is 5.97 Å². The summed E-state index contributed by atoms with van der Waals surface area (Å²) in [6.45, 7) is 0. The molecule has 0 unspecified atom stereocenters. The van der Waals surface area contributed by atoms with Crippen molar-refractivity contribution in [2.75, 3.05) is 0 Å². The first kappa shape index (κ1) is 12.8. The van der Waals surface area contributed by atoms with Crippen LogP contribution in [0.2, 0.25) is 0 Å². The van der Waals surface area contributed by atoms with Crippen molar-refractivity contribution in [2.24, 2.45) is 0 Å². The maximum atomic E-state index is 10.7. The Labute approximate surface area is 95.4 Å². The molecule has 1 N–H and O–H groups in total. The lowest BCUT2D eigenvalue weighted by molar-refractivity contribution is 0.0696. The maximum Gasteiger partial charge on any atom is 0.336 e. The first-order chi connectivity index (χ1) is 5.66. The van der Waals surface area contributed by atoms with Gasteiger partial charge in [-0.05, 0) is 17.7 Å². The van der Waals surface area contributed by atoms with Gasteiger partial charge in [-0.15, -0.1) is 24.0 Å². The summed E-state index contributed by atoms with van der Waals surface area (Å²) in [5, 5.41) is 8.74. The van der Waals surface area contributed by atoms with Crippen LogP contribution < -0.4 is 0 Å². The Kier molecular flexibility index (Phi) is 5.37. The van der Waals surface area contributed by atoms with Gasteiger partial charge in [0, 0.05) is 10.4 Å². The number of carboxylic acids is 1. The van der Waals surface area contributed by atoms with Crippen LogP contribution in [0.3, 0.4) is 0 Å². The highest BCUT2D eigenvalue weighted by atomic mass is 79.9. The fraction of sp³-hybridized carbons (Fsp3) is 0.125. The van der Waals surface area contributed by atoms with Crippen molar-refractivity contribution < 1.29 is 9.90 Å². The molecule has 72 valence electrons. The molecule has 0 saturated heterocycles. The van der Waals surface area contributed by atoms with Crippen molar-refractivity contribution in [3.05, 3.63) is 33.8 Å². The third-order valence-electron chi connectivity index (χ3n) is 1.48. The molecule has 0 bridgehead atoms. The fourth-order valence-corrected chi connectivity index (χ4v) is 1.85. The van der Waals surface area contributed by atoms with Gasteiger partial charge in [-0.25, -0.2) is 4.79 Å². The molecular weight excluding hydrogens is 279 g/mol. The van der Waals surface area contributed by atoms with Gasteiger partial charge in [0.25, 0.3) is 0 Å². The Morgan fingerprint density at radius 1 is 1.54 bits per heavy atom. The van der Waals surface area contributed by atoms with Crippen LogP contribution in [-0.2, 0) is 5.88 Å². The molecule has 1 aromatic carbocycles. The Morgan fingerprint density at radius 3 is 2.54 bits per heavy atom. The van der Waals surface area contributed by atoms with Crippen molar-refractivity contribution in [3.63, 3.8) is 0 Å². The van der Waals surface area contributed by atoms with E-state index in [9.17, 15) is 4.79 Å². The zero-order valence-electron chi connectivity index (χ0n) is 6.46. The number of rotatable bonds is 2. The third-order valence-corrected chi connectivity index (χ3v) is 2.49. The van der Waals surface area contributed by atoms with E-state index in [-0.39, 0.29) is 23.9 Å². The van der Waals surface area contributed by atoms with E-state index >= 15 is 0 Å². The highest BCUT2D eigenvalue weighted by Gasteiger charge is 2.10. The molecule has 0 heterocycles. The topological polar surface area (TPSA) is 37.3 Å². The summed E-state index contributed by atoms with van der Waals surface area (Å²) in [5.74, 6) is -0.754. The van der Waals surface area contributed by atoms with Crippen molar-refractivity contribution in [1.29, 1.82) is 0 Å². The number of halogens is 3. The van der Waals surface area contributed by atoms with E-state index < -0.39 is 5.97 Å². The van der Waals surface area contributed by atoms with Gasteiger partial charge in [0.1, 0.15) is 0 Å². The highest BCUT2D eigenvalue weighted by Crippen LogP contribution is 2.22. The largest absolute Gasteiger partial charge is 0.478 e. The SMILES string of the molecule is Cl.O=C(O)c1cccc(Br)c1CCl. The van der Waals surface area contributed by atoms with Gasteiger partial charge in [0.15, 0.2) is 0 Å². The predicted molar refractivity (Wildman–Crippen MR) is 57.9 cm³/mol.